The van der Waals surface area contributed by atoms with E-state index in [4.69, 9.17) is 0 Å². The molecule has 0 bridgehead atoms. The summed E-state index contributed by atoms with van der Waals surface area (Å²) in [7, 11) is 0. The van der Waals surface area contributed by atoms with E-state index in [-0.39, 0.29) is 0 Å². The molecule has 0 aromatic heterocycles. The van der Waals surface area contributed by atoms with Crippen LogP contribution in [0, 0.1) is 6.07 Å². The Morgan fingerprint density at radius 2 is 2.10 bits per heavy atom. The van der Waals surface area contributed by atoms with E-state index in [1.165, 1.54) is 5.56 Å². The van der Waals surface area contributed by atoms with E-state index in [1.54, 1.807) is 0 Å². The van der Waals surface area contributed by atoms with Gasteiger partial charge in [0.15, 0.2) is 0 Å². The topological polar surface area (TPSA) is 0 Å². The second-order valence-corrected chi connectivity index (χ2v) is 2.18. The number of allylic oxidation sites excluding steroid dienone is 2. The summed E-state index contributed by atoms with van der Waals surface area (Å²) < 4.78 is 0. The standard InChI is InChI=1S/C10H11/c1-2-3-7-10-8-5-4-6-9-10/h2-3,5-6,8-9H,7H2,1H3/b3-2+. The minimum Gasteiger partial charge on any atom is -0.0913 e. The van der Waals surface area contributed by atoms with Crippen LogP contribution in [0.2, 0.25) is 0 Å². The molecule has 0 fully saturated rings. The number of hydrogen-bond donors (Lipinski definition) is 0. The fraction of sp³-hybridized carbons (Fsp3) is 0.200. The molecule has 0 saturated heterocycles. The van der Waals surface area contributed by atoms with E-state index >= 15 is 0 Å². The molecule has 1 aromatic rings. The molecular formula is C10H11. The van der Waals surface area contributed by atoms with Gasteiger partial charge < -0.3 is 0 Å². The molecule has 51 valence electrons. The van der Waals surface area contributed by atoms with Gasteiger partial charge in [-0.1, -0.05) is 36.4 Å². The summed E-state index contributed by atoms with van der Waals surface area (Å²) in [6, 6.07) is 11.0. The van der Waals surface area contributed by atoms with E-state index in [0.717, 1.165) is 6.42 Å². The highest BCUT2D eigenvalue weighted by Gasteiger charge is 1.83. The summed E-state index contributed by atoms with van der Waals surface area (Å²) in [5, 5.41) is 0. The van der Waals surface area contributed by atoms with Crippen LogP contribution in [0.4, 0.5) is 0 Å². The Morgan fingerprint density at radius 3 is 2.70 bits per heavy atom. The molecule has 0 atom stereocenters. The van der Waals surface area contributed by atoms with Gasteiger partial charge in [0, 0.05) is 0 Å². The van der Waals surface area contributed by atoms with Crippen molar-refractivity contribution >= 4 is 0 Å². The first-order chi connectivity index (χ1) is 4.93. The van der Waals surface area contributed by atoms with Crippen molar-refractivity contribution in [1.82, 2.24) is 0 Å². The predicted octanol–water partition coefficient (Wildman–Crippen LogP) is 2.61. The van der Waals surface area contributed by atoms with E-state index < -0.39 is 0 Å². The van der Waals surface area contributed by atoms with Gasteiger partial charge in [0.05, 0.1) is 0 Å². The third-order valence-corrected chi connectivity index (χ3v) is 1.38. The first-order valence-corrected chi connectivity index (χ1v) is 3.49. The molecule has 10 heavy (non-hydrogen) atoms. The van der Waals surface area contributed by atoms with E-state index in [9.17, 15) is 0 Å². The molecule has 0 saturated carbocycles. The Balaban J connectivity index is 2.59. The van der Waals surface area contributed by atoms with Gasteiger partial charge in [-0.3, -0.25) is 0 Å². The van der Waals surface area contributed by atoms with Crippen LogP contribution in [0.25, 0.3) is 0 Å². The van der Waals surface area contributed by atoms with Gasteiger partial charge >= 0.3 is 0 Å². The van der Waals surface area contributed by atoms with Gasteiger partial charge in [0.2, 0.25) is 0 Å². The van der Waals surface area contributed by atoms with Crippen molar-refractivity contribution in [3.05, 3.63) is 48.0 Å². The molecule has 0 aliphatic rings. The molecule has 0 amide bonds. The lowest BCUT2D eigenvalue weighted by molar-refractivity contribution is 1.26. The highest BCUT2D eigenvalue weighted by Crippen LogP contribution is 1.98. The second-order valence-electron chi connectivity index (χ2n) is 2.18. The molecule has 0 aliphatic carbocycles. The molecule has 0 aliphatic heterocycles. The summed E-state index contributed by atoms with van der Waals surface area (Å²) in [5.74, 6) is 0. The minimum absolute atomic E-state index is 1.03. The van der Waals surface area contributed by atoms with Crippen molar-refractivity contribution in [3.8, 4) is 0 Å². The van der Waals surface area contributed by atoms with Crippen molar-refractivity contribution in [2.75, 3.05) is 0 Å². The number of hydrogen-bond acceptors (Lipinski definition) is 0. The van der Waals surface area contributed by atoms with Gasteiger partial charge in [-0.05, 0) is 25.0 Å². The normalized spacial score (nSPS) is 10.5. The van der Waals surface area contributed by atoms with Crippen LogP contribution in [0.5, 0.6) is 0 Å². The Hall–Kier alpha value is -1.04. The lowest BCUT2D eigenvalue weighted by atomic mass is 10.1. The molecule has 0 nitrogen and oxygen atoms in total. The quantitative estimate of drug-likeness (QED) is 0.541. The van der Waals surface area contributed by atoms with Crippen molar-refractivity contribution in [3.63, 3.8) is 0 Å². The van der Waals surface area contributed by atoms with Crippen LogP contribution < -0.4 is 0 Å². The molecule has 1 radical (unpaired) electrons. The zero-order chi connectivity index (χ0) is 7.23. The molecule has 0 spiro atoms. The predicted molar refractivity (Wildman–Crippen MR) is 43.8 cm³/mol. The summed E-state index contributed by atoms with van der Waals surface area (Å²) in [6.07, 6.45) is 5.25. The molecular weight excluding hydrogens is 120 g/mol. The van der Waals surface area contributed by atoms with Crippen LogP contribution in [0.3, 0.4) is 0 Å². The Morgan fingerprint density at radius 1 is 1.40 bits per heavy atom. The lowest BCUT2D eigenvalue weighted by Crippen LogP contribution is -1.77. The first-order valence-electron chi connectivity index (χ1n) is 3.49. The fourth-order valence-corrected chi connectivity index (χ4v) is 0.811. The van der Waals surface area contributed by atoms with Crippen molar-refractivity contribution < 1.29 is 0 Å². The summed E-state index contributed by atoms with van der Waals surface area (Å²) in [4.78, 5) is 0. The molecule has 0 unspecified atom stereocenters. The average molecular weight is 131 g/mol. The Labute approximate surface area is 62.2 Å². The van der Waals surface area contributed by atoms with Crippen molar-refractivity contribution in [2.24, 2.45) is 0 Å². The smallest absolute Gasteiger partial charge is 0.00976 e. The van der Waals surface area contributed by atoms with Crippen LogP contribution in [0.1, 0.15) is 12.5 Å². The molecule has 1 rings (SSSR count). The maximum atomic E-state index is 2.99. The fourth-order valence-electron chi connectivity index (χ4n) is 0.811. The van der Waals surface area contributed by atoms with Gasteiger partial charge in [0.1, 0.15) is 0 Å². The summed E-state index contributed by atoms with van der Waals surface area (Å²) >= 11 is 0. The summed E-state index contributed by atoms with van der Waals surface area (Å²) in [6.45, 7) is 2.04. The maximum absolute atomic E-state index is 2.99. The lowest BCUT2D eigenvalue weighted by Gasteiger charge is -1.91. The summed E-state index contributed by atoms with van der Waals surface area (Å²) in [5.41, 5.74) is 1.34. The molecule has 1 aromatic carbocycles. The molecule has 0 heterocycles. The third-order valence-electron chi connectivity index (χ3n) is 1.38. The van der Waals surface area contributed by atoms with E-state index in [0.29, 0.717) is 0 Å². The van der Waals surface area contributed by atoms with E-state index in [2.05, 4.69) is 30.4 Å². The second kappa shape index (κ2) is 3.89. The van der Waals surface area contributed by atoms with Crippen molar-refractivity contribution in [1.29, 1.82) is 0 Å². The van der Waals surface area contributed by atoms with Gasteiger partial charge in [-0.2, -0.15) is 0 Å². The van der Waals surface area contributed by atoms with Crippen LogP contribution >= 0.6 is 0 Å². The van der Waals surface area contributed by atoms with Gasteiger partial charge in [-0.25, -0.2) is 0 Å². The van der Waals surface area contributed by atoms with Gasteiger partial charge in [0.25, 0.3) is 0 Å². The average Bonchev–Trinajstić information content (AvgIpc) is 2.03. The largest absolute Gasteiger partial charge is 0.0913 e. The van der Waals surface area contributed by atoms with Crippen LogP contribution in [0.15, 0.2) is 36.4 Å². The molecule has 0 N–H and O–H groups in total. The highest BCUT2D eigenvalue weighted by atomic mass is 13.9. The molecule has 0 heteroatoms. The monoisotopic (exact) mass is 131 g/mol. The number of rotatable bonds is 2. The SMILES string of the molecule is C/C=C/Cc1cc[c]cc1. The highest BCUT2D eigenvalue weighted by molar-refractivity contribution is 5.16. The Kier molecular flexibility index (Phi) is 2.75. The van der Waals surface area contributed by atoms with Crippen LogP contribution in [-0.4, -0.2) is 0 Å². The Bertz CT molecular complexity index is 197. The van der Waals surface area contributed by atoms with Crippen molar-refractivity contribution in [2.45, 2.75) is 13.3 Å². The van der Waals surface area contributed by atoms with Crippen LogP contribution in [-0.2, 0) is 6.42 Å². The first kappa shape index (κ1) is 7.07. The van der Waals surface area contributed by atoms with E-state index in [1.807, 2.05) is 19.1 Å². The maximum Gasteiger partial charge on any atom is -0.00976 e. The number of benzene rings is 1. The van der Waals surface area contributed by atoms with Gasteiger partial charge in [-0.15, -0.1) is 0 Å². The zero-order valence-corrected chi connectivity index (χ0v) is 6.17. The third kappa shape index (κ3) is 2.06. The minimum atomic E-state index is 1.03. The zero-order valence-electron chi connectivity index (χ0n) is 6.17.